The Morgan fingerprint density at radius 2 is 2.38 bits per heavy atom. The number of rotatable bonds is 6. The monoisotopic (exact) mass is 311 g/mol. The minimum absolute atomic E-state index is 0.0200. The van der Waals surface area contributed by atoms with Gasteiger partial charge in [0, 0.05) is 25.4 Å². The zero-order valence-electron chi connectivity index (χ0n) is 11.3. The van der Waals surface area contributed by atoms with E-state index in [-0.39, 0.29) is 11.6 Å². The summed E-state index contributed by atoms with van der Waals surface area (Å²) in [5.74, 6) is 0.254. The maximum absolute atomic E-state index is 11.9. The lowest BCUT2D eigenvalue weighted by molar-refractivity contribution is -0.141. The molecule has 0 bridgehead atoms. The predicted octanol–water partition coefficient (Wildman–Crippen LogP) is 0.447. The number of ether oxygens (including phenoxy) is 1. The van der Waals surface area contributed by atoms with Crippen LogP contribution in [-0.2, 0) is 22.5 Å². The summed E-state index contributed by atoms with van der Waals surface area (Å²) >= 11 is 5.97. The van der Waals surface area contributed by atoms with Gasteiger partial charge in [-0.2, -0.15) is 5.10 Å². The Hall–Kier alpha value is -2.35. The quantitative estimate of drug-likeness (QED) is 0.751. The number of carbonyl (C=O) groups is 1. The Bertz CT molecular complexity index is 668. The highest BCUT2D eigenvalue weighted by atomic mass is 35.5. The van der Waals surface area contributed by atoms with E-state index in [2.05, 4.69) is 25.1 Å². The maximum Gasteiger partial charge on any atom is 0.327 e. The van der Waals surface area contributed by atoms with E-state index in [1.54, 1.807) is 12.4 Å². The van der Waals surface area contributed by atoms with Crippen LogP contribution in [0.5, 0.6) is 0 Å². The predicted molar refractivity (Wildman–Crippen MR) is 76.3 cm³/mol. The minimum atomic E-state index is -0.570. The van der Waals surface area contributed by atoms with Gasteiger partial charge in [0.1, 0.15) is 17.4 Å². The lowest BCUT2D eigenvalue weighted by atomic mass is 10.3. The topological polar surface area (TPSA) is 102 Å². The van der Waals surface area contributed by atoms with E-state index in [0.717, 1.165) is 10.5 Å². The van der Waals surface area contributed by atoms with Crippen molar-refractivity contribution in [1.82, 2.24) is 19.7 Å². The third kappa shape index (κ3) is 3.82. The molecule has 0 saturated carbocycles. The van der Waals surface area contributed by atoms with Crippen molar-refractivity contribution < 1.29 is 9.53 Å². The van der Waals surface area contributed by atoms with Crippen LogP contribution in [0.3, 0.4) is 0 Å². The molecule has 2 aromatic heterocycles. The van der Waals surface area contributed by atoms with Crippen LogP contribution in [0, 0.1) is 0 Å². The third-order valence-corrected chi connectivity index (χ3v) is 3.09. The highest BCUT2D eigenvalue weighted by Crippen LogP contribution is 2.14. The van der Waals surface area contributed by atoms with E-state index in [0.29, 0.717) is 18.7 Å². The van der Waals surface area contributed by atoms with Crippen LogP contribution in [-0.4, -0.2) is 39.4 Å². The van der Waals surface area contributed by atoms with Crippen molar-refractivity contribution in [3.63, 3.8) is 0 Å². The van der Waals surface area contributed by atoms with E-state index in [1.807, 2.05) is 0 Å². The second kappa shape index (κ2) is 6.89. The van der Waals surface area contributed by atoms with Gasteiger partial charge in [-0.1, -0.05) is 11.6 Å². The summed E-state index contributed by atoms with van der Waals surface area (Å²) in [5.41, 5.74) is -0.139. The number of nitrogens with one attached hydrogen (secondary N) is 2. The normalized spacial score (nSPS) is 10.4. The molecule has 0 saturated heterocycles. The van der Waals surface area contributed by atoms with Crippen molar-refractivity contribution in [3.8, 4) is 0 Å². The maximum atomic E-state index is 11.9. The van der Waals surface area contributed by atoms with Gasteiger partial charge in [0.2, 0.25) is 0 Å². The molecule has 0 spiro atoms. The Kier molecular flexibility index (Phi) is 4.94. The molecule has 2 heterocycles. The van der Waals surface area contributed by atoms with Crippen LogP contribution < -0.4 is 10.9 Å². The van der Waals surface area contributed by atoms with Crippen LogP contribution in [0.4, 0.5) is 5.69 Å². The number of aromatic nitrogens is 4. The molecule has 0 amide bonds. The van der Waals surface area contributed by atoms with Crippen LogP contribution in [0.15, 0.2) is 23.4 Å². The molecule has 8 nitrogen and oxygen atoms in total. The van der Waals surface area contributed by atoms with Crippen LogP contribution in [0.25, 0.3) is 0 Å². The molecule has 2 N–H and O–H groups in total. The number of H-pyrrole nitrogens is 1. The summed E-state index contributed by atoms with van der Waals surface area (Å²) in [4.78, 5) is 30.1. The number of imidazole rings is 1. The second-order valence-corrected chi connectivity index (χ2v) is 4.50. The van der Waals surface area contributed by atoms with Gasteiger partial charge < -0.3 is 15.0 Å². The van der Waals surface area contributed by atoms with E-state index >= 15 is 0 Å². The highest BCUT2D eigenvalue weighted by Gasteiger charge is 2.11. The van der Waals surface area contributed by atoms with Gasteiger partial charge in [0.25, 0.3) is 5.56 Å². The summed E-state index contributed by atoms with van der Waals surface area (Å²) in [7, 11) is 1.24. The molecular formula is C12H14ClN5O3. The van der Waals surface area contributed by atoms with Gasteiger partial charge in [0.15, 0.2) is 0 Å². The standard InChI is InChI=1S/C12H14ClN5O3/c1-21-10(19)7-18-12(20)11(13)8(6-17-18)14-3-2-9-15-4-5-16-9/h4-6,14H,2-3,7H2,1H3,(H,15,16). The molecule has 0 aliphatic carbocycles. The first-order valence-electron chi connectivity index (χ1n) is 6.16. The van der Waals surface area contributed by atoms with Crippen molar-refractivity contribution in [2.24, 2.45) is 0 Å². The largest absolute Gasteiger partial charge is 0.468 e. The Balaban J connectivity index is 2.02. The number of anilines is 1. The van der Waals surface area contributed by atoms with E-state index in [4.69, 9.17) is 11.6 Å². The molecule has 0 aliphatic heterocycles. The van der Waals surface area contributed by atoms with Crippen LogP contribution >= 0.6 is 11.6 Å². The SMILES string of the molecule is COC(=O)Cn1ncc(NCCc2ncc[nH]2)c(Cl)c1=O. The first-order valence-corrected chi connectivity index (χ1v) is 6.54. The summed E-state index contributed by atoms with van der Waals surface area (Å²) in [6, 6.07) is 0. The third-order valence-electron chi connectivity index (χ3n) is 2.72. The zero-order valence-corrected chi connectivity index (χ0v) is 12.1. The molecule has 0 unspecified atom stereocenters. The molecule has 0 radical (unpaired) electrons. The number of hydrogen-bond donors (Lipinski definition) is 2. The number of methoxy groups -OCH3 is 1. The first-order chi connectivity index (χ1) is 10.1. The Labute approximate surface area is 125 Å². The molecule has 0 aliphatic rings. The number of esters is 1. The molecule has 9 heteroatoms. The molecule has 2 aromatic rings. The summed E-state index contributed by atoms with van der Waals surface area (Å²) in [6.45, 7) is 0.261. The lowest BCUT2D eigenvalue weighted by Gasteiger charge is -2.09. The van der Waals surface area contributed by atoms with E-state index < -0.39 is 11.5 Å². The second-order valence-electron chi connectivity index (χ2n) is 4.12. The van der Waals surface area contributed by atoms with Gasteiger partial charge in [0.05, 0.1) is 19.0 Å². The number of nitrogens with zero attached hydrogens (tertiary/aromatic N) is 3. The van der Waals surface area contributed by atoms with Gasteiger partial charge in [-0.25, -0.2) is 9.67 Å². The van der Waals surface area contributed by atoms with Crippen LogP contribution in [0.2, 0.25) is 5.02 Å². The molecule has 112 valence electrons. The molecule has 0 atom stereocenters. The van der Waals surface area contributed by atoms with E-state index in [9.17, 15) is 9.59 Å². The zero-order chi connectivity index (χ0) is 15.2. The van der Waals surface area contributed by atoms with Crippen molar-refractivity contribution in [1.29, 1.82) is 0 Å². The number of carbonyl (C=O) groups excluding carboxylic acids is 1. The highest BCUT2D eigenvalue weighted by molar-refractivity contribution is 6.32. The number of hydrogen-bond acceptors (Lipinski definition) is 6. The van der Waals surface area contributed by atoms with E-state index in [1.165, 1.54) is 13.3 Å². The fourth-order valence-electron chi connectivity index (χ4n) is 1.64. The fraction of sp³-hybridized carbons (Fsp3) is 0.333. The van der Waals surface area contributed by atoms with Crippen molar-refractivity contribution in [3.05, 3.63) is 39.8 Å². The van der Waals surface area contributed by atoms with Crippen LogP contribution in [0.1, 0.15) is 5.82 Å². The molecule has 0 aromatic carbocycles. The number of halogens is 1. The summed E-state index contributed by atoms with van der Waals surface area (Å²) in [6.07, 6.45) is 5.44. The van der Waals surface area contributed by atoms with Crippen molar-refractivity contribution >= 4 is 23.3 Å². The summed E-state index contributed by atoms with van der Waals surface area (Å²) in [5, 5.41) is 6.86. The molecule has 21 heavy (non-hydrogen) atoms. The van der Waals surface area contributed by atoms with Gasteiger partial charge in [-0.05, 0) is 0 Å². The molecule has 0 fully saturated rings. The lowest BCUT2D eigenvalue weighted by Crippen LogP contribution is -2.28. The average molecular weight is 312 g/mol. The Morgan fingerprint density at radius 1 is 1.57 bits per heavy atom. The van der Waals surface area contributed by atoms with Gasteiger partial charge in [-0.15, -0.1) is 0 Å². The molecule has 2 rings (SSSR count). The average Bonchev–Trinajstić information content (AvgIpc) is 2.99. The summed E-state index contributed by atoms with van der Waals surface area (Å²) < 4.78 is 5.43. The fourth-order valence-corrected chi connectivity index (χ4v) is 1.85. The first kappa shape index (κ1) is 15.0. The van der Waals surface area contributed by atoms with Gasteiger partial charge >= 0.3 is 5.97 Å². The minimum Gasteiger partial charge on any atom is -0.468 e. The smallest absolute Gasteiger partial charge is 0.327 e. The van der Waals surface area contributed by atoms with Crippen molar-refractivity contribution in [2.75, 3.05) is 19.0 Å². The molecular weight excluding hydrogens is 298 g/mol. The van der Waals surface area contributed by atoms with Crippen molar-refractivity contribution in [2.45, 2.75) is 13.0 Å². The van der Waals surface area contributed by atoms with Gasteiger partial charge in [-0.3, -0.25) is 9.59 Å². The Morgan fingerprint density at radius 3 is 3.05 bits per heavy atom. The number of aromatic amines is 1.